The van der Waals surface area contributed by atoms with Crippen molar-refractivity contribution >= 4 is 29.1 Å². The van der Waals surface area contributed by atoms with Crippen LogP contribution in [0, 0.1) is 0 Å². The summed E-state index contributed by atoms with van der Waals surface area (Å²) in [6, 6.07) is 6.07. The molecule has 0 saturated carbocycles. The highest BCUT2D eigenvalue weighted by Crippen LogP contribution is 2.23. The van der Waals surface area contributed by atoms with E-state index in [1.807, 2.05) is 11.0 Å². The minimum absolute atomic E-state index is 0.167. The van der Waals surface area contributed by atoms with Crippen LogP contribution in [-0.2, 0) is 11.2 Å². The summed E-state index contributed by atoms with van der Waals surface area (Å²) in [6.07, 6.45) is 2.38. The van der Waals surface area contributed by atoms with Gasteiger partial charge in [-0.2, -0.15) is 0 Å². The third-order valence-electron chi connectivity index (χ3n) is 4.12. The van der Waals surface area contributed by atoms with Gasteiger partial charge in [-0.3, -0.25) is 4.79 Å². The number of hydrogen-bond donors (Lipinski definition) is 1. The van der Waals surface area contributed by atoms with Crippen LogP contribution in [0.5, 0.6) is 0 Å². The third kappa shape index (κ3) is 4.12. The Bertz CT molecular complexity index is 507. The number of nitrogens with one attached hydrogen (secondary N) is 1. The molecule has 1 fully saturated rings. The van der Waals surface area contributed by atoms with Crippen molar-refractivity contribution in [3.63, 3.8) is 0 Å². The van der Waals surface area contributed by atoms with Crippen molar-refractivity contribution in [2.24, 2.45) is 0 Å². The van der Waals surface area contributed by atoms with Crippen LogP contribution in [0.15, 0.2) is 18.2 Å². The highest BCUT2D eigenvalue weighted by molar-refractivity contribution is 6.42. The van der Waals surface area contributed by atoms with Crippen molar-refractivity contribution in [3.8, 4) is 0 Å². The first-order valence-corrected chi connectivity index (χ1v) is 8.27. The molecule has 1 aliphatic rings. The molecule has 1 aliphatic heterocycles. The van der Waals surface area contributed by atoms with E-state index in [4.69, 9.17) is 23.2 Å². The van der Waals surface area contributed by atoms with E-state index in [9.17, 15) is 4.79 Å². The fourth-order valence-corrected chi connectivity index (χ4v) is 3.05. The Hall–Kier alpha value is -0.770. The summed E-state index contributed by atoms with van der Waals surface area (Å²) in [6.45, 7) is 5.93. The van der Waals surface area contributed by atoms with Crippen LogP contribution >= 0.6 is 23.2 Å². The van der Waals surface area contributed by atoms with Crippen LogP contribution in [0.2, 0.25) is 10.0 Å². The molecule has 1 amide bonds. The Kier molecular flexibility index (Phi) is 5.91. The molecule has 0 aromatic heterocycles. The number of carbonyl (C=O) groups is 1. The van der Waals surface area contributed by atoms with Crippen molar-refractivity contribution in [2.75, 3.05) is 13.1 Å². The first-order chi connectivity index (χ1) is 10.0. The molecule has 0 spiro atoms. The maximum atomic E-state index is 12.6. The molecule has 2 rings (SSSR count). The van der Waals surface area contributed by atoms with Crippen LogP contribution < -0.4 is 5.32 Å². The topological polar surface area (TPSA) is 32.3 Å². The molecule has 0 bridgehead atoms. The minimum atomic E-state index is 0.167. The average molecular weight is 329 g/mol. The van der Waals surface area contributed by atoms with Crippen LogP contribution in [0.25, 0.3) is 0 Å². The maximum Gasteiger partial charge on any atom is 0.227 e. The molecule has 1 aromatic carbocycles. The zero-order valence-corrected chi connectivity index (χ0v) is 14.0. The van der Waals surface area contributed by atoms with Crippen molar-refractivity contribution < 1.29 is 4.79 Å². The molecule has 2 atom stereocenters. The molecule has 2 unspecified atom stereocenters. The Labute approximate surface area is 136 Å². The average Bonchev–Trinajstić information content (AvgIpc) is 2.50. The SMILES string of the molecule is CCC1CN(C(=O)Cc2ccc(Cl)c(Cl)c2)C(CC)CN1. The molecule has 116 valence electrons. The highest BCUT2D eigenvalue weighted by atomic mass is 35.5. The molecule has 1 saturated heterocycles. The van der Waals surface area contributed by atoms with E-state index in [-0.39, 0.29) is 11.9 Å². The van der Waals surface area contributed by atoms with E-state index in [1.165, 1.54) is 0 Å². The largest absolute Gasteiger partial charge is 0.337 e. The Morgan fingerprint density at radius 1 is 1.29 bits per heavy atom. The summed E-state index contributed by atoms with van der Waals surface area (Å²) in [5, 5.41) is 4.52. The monoisotopic (exact) mass is 328 g/mol. The Morgan fingerprint density at radius 3 is 2.67 bits per heavy atom. The zero-order valence-electron chi connectivity index (χ0n) is 12.5. The van der Waals surface area contributed by atoms with E-state index < -0.39 is 0 Å². The van der Waals surface area contributed by atoms with Gasteiger partial charge < -0.3 is 10.2 Å². The van der Waals surface area contributed by atoms with Gasteiger partial charge in [0.25, 0.3) is 0 Å². The smallest absolute Gasteiger partial charge is 0.227 e. The lowest BCUT2D eigenvalue weighted by molar-refractivity contribution is -0.134. The molecule has 21 heavy (non-hydrogen) atoms. The number of hydrogen-bond acceptors (Lipinski definition) is 2. The first-order valence-electron chi connectivity index (χ1n) is 7.51. The second kappa shape index (κ2) is 7.48. The van der Waals surface area contributed by atoms with Gasteiger partial charge in [0, 0.05) is 25.2 Å². The van der Waals surface area contributed by atoms with Gasteiger partial charge in [-0.1, -0.05) is 43.1 Å². The van der Waals surface area contributed by atoms with Crippen LogP contribution in [0.3, 0.4) is 0 Å². The summed E-state index contributed by atoms with van der Waals surface area (Å²) in [5.74, 6) is 0.167. The second-order valence-electron chi connectivity index (χ2n) is 5.55. The predicted octanol–water partition coefficient (Wildman–Crippen LogP) is 3.52. The van der Waals surface area contributed by atoms with Crippen LogP contribution in [0.1, 0.15) is 32.3 Å². The van der Waals surface area contributed by atoms with Gasteiger partial charge in [0.2, 0.25) is 5.91 Å². The third-order valence-corrected chi connectivity index (χ3v) is 4.86. The lowest BCUT2D eigenvalue weighted by Gasteiger charge is -2.40. The van der Waals surface area contributed by atoms with Gasteiger partial charge in [-0.15, -0.1) is 0 Å². The number of nitrogens with zero attached hydrogens (tertiary/aromatic N) is 1. The van der Waals surface area contributed by atoms with Crippen molar-refractivity contribution in [1.29, 1.82) is 0 Å². The Balaban J connectivity index is 2.07. The first kappa shape index (κ1) is 16.6. The van der Waals surface area contributed by atoms with E-state index in [0.29, 0.717) is 22.5 Å². The molecular weight excluding hydrogens is 307 g/mol. The fraction of sp³-hybridized carbons (Fsp3) is 0.562. The minimum Gasteiger partial charge on any atom is -0.337 e. The normalized spacial score (nSPS) is 22.4. The molecule has 5 heteroatoms. The van der Waals surface area contributed by atoms with E-state index in [2.05, 4.69) is 19.2 Å². The van der Waals surface area contributed by atoms with Crippen molar-refractivity contribution in [1.82, 2.24) is 10.2 Å². The van der Waals surface area contributed by atoms with Gasteiger partial charge in [0.05, 0.1) is 16.5 Å². The second-order valence-corrected chi connectivity index (χ2v) is 6.36. The van der Waals surface area contributed by atoms with E-state index in [0.717, 1.165) is 31.5 Å². The molecule has 1 N–H and O–H groups in total. The van der Waals surface area contributed by atoms with Crippen molar-refractivity contribution in [3.05, 3.63) is 33.8 Å². The van der Waals surface area contributed by atoms with Gasteiger partial charge in [-0.25, -0.2) is 0 Å². The van der Waals surface area contributed by atoms with Crippen LogP contribution in [-0.4, -0.2) is 36.0 Å². The summed E-state index contributed by atoms with van der Waals surface area (Å²) in [5.41, 5.74) is 0.913. The van der Waals surface area contributed by atoms with E-state index >= 15 is 0 Å². The fourth-order valence-electron chi connectivity index (χ4n) is 2.73. The number of amides is 1. The maximum absolute atomic E-state index is 12.6. The summed E-state index contributed by atoms with van der Waals surface area (Å²) in [4.78, 5) is 14.6. The van der Waals surface area contributed by atoms with E-state index in [1.54, 1.807) is 12.1 Å². The Morgan fingerprint density at radius 2 is 2.05 bits per heavy atom. The number of benzene rings is 1. The van der Waals surface area contributed by atoms with Gasteiger partial charge in [0.1, 0.15) is 0 Å². The summed E-state index contributed by atoms with van der Waals surface area (Å²) < 4.78 is 0. The van der Waals surface area contributed by atoms with Gasteiger partial charge in [0.15, 0.2) is 0 Å². The molecule has 0 aliphatic carbocycles. The zero-order chi connectivity index (χ0) is 15.4. The van der Waals surface area contributed by atoms with Gasteiger partial charge in [-0.05, 0) is 30.5 Å². The molecule has 1 heterocycles. The highest BCUT2D eigenvalue weighted by Gasteiger charge is 2.29. The molecular formula is C16H22Cl2N2O. The lowest BCUT2D eigenvalue weighted by Crippen LogP contribution is -2.58. The summed E-state index contributed by atoms with van der Waals surface area (Å²) in [7, 11) is 0. The molecule has 1 aromatic rings. The van der Waals surface area contributed by atoms with Crippen LogP contribution in [0.4, 0.5) is 0 Å². The lowest BCUT2D eigenvalue weighted by atomic mass is 10.0. The number of carbonyl (C=O) groups excluding carboxylic acids is 1. The molecule has 0 radical (unpaired) electrons. The quantitative estimate of drug-likeness (QED) is 0.917. The predicted molar refractivity (Wildman–Crippen MR) is 88.0 cm³/mol. The standard InChI is InChI=1S/C16H22Cl2N2O/c1-3-12-10-20(13(4-2)9-19-12)16(21)8-11-5-6-14(17)15(18)7-11/h5-7,12-13,19H,3-4,8-10H2,1-2H3. The molecule has 3 nitrogen and oxygen atoms in total. The summed E-state index contributed by atoms with van der Waals surface area (Å²) >= 11 is 11.9. The number of piperazine rings is 1. The van der Waals surface area contributed by atoms with Gasteiger partial charge >= 0.3 is 0 Å². The number of halogens is 2. The van der Waals surface area contributed by atoms with Crippen molar-refractivity contribution in [2.45, 2.75) is 45.2 Å². The number of rotatable bonds is 4.